The Hall–Kier alpha value is -1.56. The highest BCUT2D eigenvalue weighted by molar-refractivity contribution is 8.03. The van der Waals surface area contributed by atoms with E-state index in [1.165, 1.54) is 24.2 Å². The molecule has 0 aromatic rings. The highest BCUT2D eigenvalue weighted by atomic mass is 32.2. The van der Waals surface area contributed by atoms with Crippen LogP contribution in [0.4, 0.5) is 0 Å². The Kier molecular flexibility index (Phi) is 8.61. The van der Waals surface area contributed by atoms with Crippen LogP contribution in [0.25, 0.3) is 0 Å². The third-order valence-electron chi connectivity index (χ3n) is 1.90. The van der Waals surface area contributed by atoms with Crippen LogP contribution < -0.4 is 0 Å². The molecule has 0 aromatic heterocycles. The van der Waals surface area contributed by atoms with E-state index < -0.39 is 0 Å². The molecular formula is C13H22N4OS. The molecule has 0 amide bonds. The van der Waals surface area contributed by atoms with Crippen LogP contribution in [0, 0.1) is 0 Å². The topological polar surface area (TPSA) is 48.3 Å². The summed E-state index contributed by atoms with van der Waals surface area (Å²) in [6.07, 6.45) is 8.20. The van der Waals surface area contributed by atoms with Crippen LogP contribution >= 0.6 is 11.8 Å². The molecule has 0 unspecified atom stereocenters. The van der Waals surface area contributed by atoms with E-state index in [1.54, 1.807) is 19.5 Å². The van der Waals surface area contributed by atoms with Gasteiger partial charge in [0.2, 0.25) is 0 Å². The third-order valence-corrected chi connectivity index (χ3v) is 2.80. The van der Waals surface area contributed by atoms with E-state index in [0.29, 0.717) is 10.6 Å². The van der Waals surface area contributed by atoms with E-state index in [9.17, 15) is 4.79 Å². The van der Waals surface area contributed by atoms with Crippen molar-refractivity contribution in [1.29, 1.82) is 0 Å². The highest BCUT2D eigenvalue weighted by Gasteiger charge is 2.08. The molecule has 0 radical (unpaired) electrons. The maximum atomic E-state index is 11.9. The minimum atomic E-state index is -0.0487. The van der Waals surface area contributed by atoms with E-state index >= 15 is 0 Å². The quantitative estimate of drug-likeness (QED) is 0.406. The van der Waals surface area contributed by atoms with Gasteiger partial charge in [-0.05, 0) is 13.2 Å². The van der Waals surface area contributed by atoms with E-state index in [0.717, 1.165) is 0 Å². The largest absolute Gasteiger partial charge is 0.383 e. The molecule has 6 heteroatoms. The number of thioether (sulfide) groups is 1. The Morgan fingerprint density at radius 3 is 2.26 bits per heavy atom. The van der Waals surface area contributed by atoms with E-state index in [4.69, 9.17) is 0 Å². The zero-order valence-corrected chi connectivity index (χ0v) is 13.2. The second kappa shape index (κ2) is 9.38. The van der Waals surface area contributed by atoms with E-state index in [-0.39, 0.29) is 5.78 Å². The number of hydrogen-bond acceptors (Lipinski definition) is 4. The van der Waals surface area contributed by atoms with Gasteiger partial charge in [0.25, 0.3) is 0 Å². The summed E-state index contributed by atoms with van der Waals surface area (Å²) in [7, 11) is 7.49. The maximum absolute atomic E-state index is 11.9. The Morgan fingerprint density at radius 2 is 1.79 bits per heavy atom. The van der Waals surface area contributed by atoms with Crippen molar-refractivity contribution >= 4 is 30.2 Å². The second-order valence-corrected chi connectivity index (χ2v) is 5.05. The molecular weight excluding hydrogens is 260 g/mol. The molecule has 19 heavy (non-hydrogen) atoms. The fraction of sp³-hybridized carbons (Fsp3) is 0.462. The number of nitrogens with zero attached hydrogens (tertiary/aromatic N) is 4. The molecule has 0 spiro atoms. The van der Waals surface area contributed by atoms with Gasteiger partial charge in [0.15, 0.2) is 5.78 Å². The van der Waals surface area contributed by atoms with Gasteiger partial charge in [0.1, 0.15) is 6.34 Å². The van der Waals surface area contributed by atoms with Gasteiger partial charge in [-0.3, -0.25) is 4.79 Å². The molecule has 106 valence electrons. The molecule has 0 rings (SSSR count). The number of ketones is 1. The summed E-state index contributed by atoms with van der Waals surface area (Å²) in [5.41, 5.74) is 0.664. The Morgan fingerprint density at radius 1 is 1.16 bits per heavy atom. The lowest BCUT2D eigenvalue weighted by Gasteiger charge is -2.05. The first-order valence-corrected chi connectivity index (χ1v) is 6.97. The van der Waals surface area contributed by atoms with Gasteiger partial charge >= 0.3 is 0 Å². The van der Waals surface area contributed by atoms with Crippen molar-refractivity contribution in [3.05, 3.63) is 22.9 Å². The van der Waals surface area contributed by atoms with Crippen LogP contribution in [0.2, 0.25) is 0 Å². The number of carbonyl (C=O) groups excluding carboxylic acids is 1. The summed E-state index contributed by atoms with van der Waals surface area (Å²) in [6.45, 7) is 1.80. The van der Waals surface area contributed by atoms with E-state index in [2.05, 4.69) is 9.98 Å². The zero-order chi connectivity index (χ0) is 14.8. The van der Waals surface area contributed by atoms with Crippen molar-refractivity contribution in [2.24, 2.45) is 9.98 Å². The van der Waals surface area contributed by atoms with Crippen LogP contribution in [0.3, 0.4) is 0 Å². The molecule has 0 saturated heterocycles. The molecule has 0 aliphatic carbocycles. The molecule has 0 bridgehead atoms. The van der Waals surface area contributed by atoms with Crippen LogP contribution in [0.1, 0.15) is 6.92 Å². The van der Waals surface area contributed by atoms with Gasteiger partial charge in [-0.15, -0.1) is 11.8 Å². The fourth-order valence-electron chi connectivity index (χ4n) is 1.06. The average Bonchev–Trinajstić information content (AvgIpc) is 2.32. The Bertz CT molecular complexity index is 409. The standard InChI is InChI=1S/C13H22N4OS/c1-11(15-9-14-10-17(4)5)13(19-6)12(18)7-8-16(2)3/h7-10H,1-6H3/b8-7+,13-11-,14-10+,15-9+. The summed E-state index contributed by atoms with van der Waals surface area (Å²) in [5, 5.41) is 0. The van der Waals surface area contributed by atoms with Crippen LogP contribution in [-0.4, -0.2) is 62.7 Å². The molecule has 0 saturated carbocycles. The Balaban J connectivity index is 4.88. The summed E-state index contributed by atoms with van der Waals surface area (Å²) >= 11 is 1.39. The average molecular weight is 282 g/mol. The first-order valence-electron chi connectivity index (χ1n) is 5.74. The number of rotatable bonds is 7. The minimum absolute atomic E-state index is 0.0487. The smallest absolute Gasteiger partial charge is 0.195 e. The molecule has 0 aliphatic rings. The summed E-state index contributed by atoms with van der Waals surface area (Å²) in [5.74, 6) is -0.0487. The molecule has 0 fully saturated rings. The van der Waals surface area contributed by atoms with Crippen LogP contribution in [-0.2, 0) is 4.79 Å². The lowest BCUT2D eigenvalue weighted by Crippen LogP contribution is -2.07. The predicted octanol–water partition coefficient (Wildman–Crippen LogP) is 1.84. The fourth-order valence-corrected chi connectivity index (χ4v) is 1.68. The van der Waals surface area contributed by atoms with Gasteiger partial charge in [-0.2, -0.15) is 0 Å². The van der Waals surface area contributed by atoms with E-state index in [1.807, 2.05) is 44.2 Å². The van der Waals surface area contributed by atoms with Gasteiger partial charge in [-0.25, -0.2) is 9.98 Å². The van der Waals surface area contributed by atoms with Crippen molar-refractivity contribution < 1.29 is 4.79 Å². The summed E-state index contributed by atoms with van der Waals surface area (Å²) < 4.78 is 0. The van der Waals surface area contributed by atoms with Gasteiger partial charge < -0.3 is 9.80 Å². The Labute approximate surface area is 119 Å². The number of aliphatic imine (C=N–C) groups is 2. The van der Waals surface area contributed by atoms with Gasteiger partial charge in [0.05, 0.1) is 16.9 Å². The van der Waals surface area contributed by atoms with Crippen molar-refractivity contribution in [3.63, 3.8) is 0 Å². The molecule has 0 aromatic carbocycles. The summed E-state index contributed by atoms with van der Waals surface area (Å²) in [4.78, 5) is 24.3. The molecule has 0 aliphatic heterocycles. The maximum Gasteiger partial charge on any atom is 0.195 e. The second-order valence-electron chi connectivity index (χ2n) is 4.23. The van der Waals surface area contributed by atoms with Gasteiger partial charge in [-0.1, -0.05) is 0 Å². The number of hydrogen-bond donors (Lipinski definition) is 0. The molecule has 5 nitrogen and oxygen atoms in total. The molecule has 0 N–H and O–H groups in total. The van der Waals surface area contributed by atoms with Gasteiger partial charge in [0, 0.05) is 40.5 Å². The monoisotopic (exact) mass is 282 g/mol. The van der Waals surface area contributed by atoms with Crippen molar-refractivity contribution in [2.45, 2.75) is 6.92 Å². The normalized spacial score (nSPS) is 13.4. The number of allylic oxidation sites excluding steroid dienone is 3. The van der Waals surface area contributed by atoms with Crippen LogP contribution in [0.5, 0.6) is 0 Å². The number of carbonyl (C=O) groups is 1. The van der Waals surface area contributed by atoms with Crippen molar-refractivity contribution in [3.8, 4) is 0 Å². The first kappa shape index (κ1) is 17.4. The predicted molar refractivity (Wildman–Crippen MR) is 84.7 cm³/mol. The third kappa shape index (κ3) is 8.20. The zero-order valence-electron chi connectivity index (χ0n) is 12.4. The lowest BCUT2D eigenvalue weighted by molar-refractivity contribution is -0.110. The molecule has 0 atom stereocenters. The van der Waals surface area contributed by atoms with Crippen LogP contribution in [0.15, 0.2) is 32.9 Å². The van der Waals surface area contributed by atoms with Crippen molar-refractivity contribution in [2.75, 3.05) is 34.4 Å². The summed E-state index contributed by atoms with van der Waals surface area (Å²) in [6, 6.07) is 0. The minimum Gasteiger partial charge on any atom is -0.383 e. The SMILES string of the molecule is CS\C(C(=O)/C=C/N(C)C)=C(C)/N=C/N=C/N(C)C. The molecule has 0 heterocycles. The lowest BCUT2D eigenvalue weighted by atomic mass is 10.3. The van der Waals surface area contributed by atoms with Crippen molar-refractivity contribution in [1.82, 2.24) is 9.80 Å². The first-order chi connectivity index (χ1) is 8.88. The highest BCUT2D eigenvalue weighted by Crippen LogP contribution is 2.19.